The lowest BCUT2D eigenvalue weighted by Crippen LogP contribution is -2.19. The number of thioether (sulfide) groups is 1. The number of rotatable bonds is 3. The van der Waals surface area contributed by atoms with Crippen molar-refractivity contribution in [1.82, 2.24) is 0 Å². The summed E-state index contributed by atoms with van der Waals surface area (Å²) < 4.78 is 0. The average Bonchev–Trinajstić information content (AvgIpc) is 2.44. The summed E-state index contributed by atoms with van der Waals surface area (Å²) in [5.41, 5.74) is 2.88. The molecule has 1 aliphatic carbocycles. The normalized spacial score (nSPS) is 16.4. The molecule has 2 rings (SSSR count). The van der Waals surface area contributed by atoms with Crippen molar-refractivity contribution in [2.24, 2.45) is 0 Å². The molecule has 19 heavy (non-hydrogen) atoms. The largest absolute Gasteiger partial charge is 0.289 e. The van der Waals surface area contributed by atoms with Crippen molar-refractivity contribution >= 4 is 23.3 Å². The molecule has 98 valence electrons. The molecule has 1 aromatic carbocycles. The van der Waals surface area contributed by atoms with E-state index < -0.39 is 0 Å². The number of carbonyl (C=O) groups is 2. The lowest BCUT2D eigenvalue weighted by molar-refractivity contribution is -0.116. The Balaban J connectivity index is 2.21. The van der Waals surface area contributed by atoms with E-state index in [9.17, 15) is 9.59 Å². The van der Waals surface area contributed by atoms with Crippen molar-refractivity contribution in [3.8, 4) is 0 Å². The Labute approximate surface area is 117 Å². The monoisotopic (exact) mass is 272 g/mol. The summed E-state index contributed by atoms with van der Waals surface area (Å²) in [6, 6.07) is 9.95. The lowest BCUT2D eigenvalue weighted by Gasteiger charge is -2.17. The second-order valence-corrected chi connectivity index (χ2v) is 5.62. The van der Waals surface area contributed by atoms with Crippen molar-refractivity contribution in [1.29, 1.82) is 0 Å². The Morgan fingerprint density at radius 1 is 0.842 bits per heavy atom. The first-order chi connectivity index (χ1) is 9.02. The summed E-state index contributed by atoms with van der Waals surface area (Å²) in [7, 11) is 0. The van der Waals surface area contributed by atoms with Gasteiger partial charge in [-0.25, -0.2) is 0 Å². The Kier molecular flexibility index (Phi) is 4.05. The maximum absolute atomic E-state index is 12.2. The molecule has 2 nitrogen and oxygen atoms in total. The molecule has 1 aromatic rings. The molecule has 0 spiro atoms. The van der Waals surface area contributed by atoms with Gasteiger partial charge in [0.05, 0.1) is 4.91 Å². The molecule has 0 N–H and O–H groups in total. The van der Waals surface area contributed by atoms with E-state index in [1.54, 1.807) is 20.8 Å². The summed E-state index contributed by atoms with van der Waals surface area (Å²) in [6.45, 7) is 5.19. The van der Waals surface area contributed by atoms with Gasteiger partial charge < -0.3 is 0 Å². The maximum Gasteiger partial charge on any atom is 0.195 e. The van der Waals surface area contributed by atoms with Gasteiger partial charge in [0.1, 0.15) is 0 Å². The summed E-state index contributed by atoms with van der Waals surface area (Å²) in [4.78, 5) is 24.8. The van der Waals surface area contributed by atoms with Gasteiger partial charge in [-0.05, 0) is 26.3 Å². The van der Waals surface area contributed by atoms with Crippen LogP contribution in [0.3, 0.4) is 0 Å². The molecule has 3 heteroatoms. The molecule has 1 aliphatic rings. The van der Waals surface area contributed by atoms with Crippen molar-refractivity contribution in [3.05, 3.63) is 57.5 Å². The third-order valence-electron chi connectivity index (χ3n) is 3.36. The van der Waals surface area contributed by atoms with Gasteiger partial charge in [-0.2, -0.15) is 0 Å². The van der Waals surface area contributed by atoms with Gasteiger partial charge in [0.25, 0.3) is 0 Å². The van der Waals surface area contributed by atoms with E-state index in [0.29, 0.717) is 27.4 Å². The predicted octanol–water partition coefficient (Wildman–Crippen LogP) is 3.68. The molecule has 0 amide bonds. The fourth-order valence-corrected chi connectivity index (χ4v) is 3.07. The van der Waals surface area contributed by atoms with E-state index in [1.165, 1.54) is 11.8 Å². The van der Waals surface area contributed by atoms with Crippen LogP contribution in [0.15, 0.2) is 52.0 Å². The first kappa shape index (κ1) is 13.8. The highest BCUT2D eigenvalue weighted by Gasteiger charge is 2.27. The number of hydrogen-bond donors (Lipinski definition) is 0. The highest BCUT2D eigenvalue weighted by molar-refractivity contribution is 8.03. The molecule has 0 aromatic heterocycles. The van der Waals surface area contributed by atoms with E-state index >= 15 is 0 Å². The molecule has 0 saturated carbocycles. The van der Waals surface area contributed by atoms with Crippen LogP contribution in [0, 0.1) is 0 Å². The minimum Gasteiger partial charge on any atom is -0.289 e. The number of ketones is 2. The minimum absolute atomic E-state index is 0.00414. The number of carbonyl (C=O) groups excluding carboxylic acids is 2. The van der Waals surface area contributed by atoms with E-state index in [4.69, 9.17) is 0 Å². The summed E-state index contributed by atoms with van der Waals surface area (Å²) in [5, 5.41) is 0. The fraction of sp³-hybridized carbons (Fsp3) is 0.250. The van der Waals surface area contributed by atoms with E-state index in [1.807, 2.05) is 30.3 Å². The summed E-state index contributed by atoms with van der Waals surface area (Å²) in [6.07, 6.45) is 0. The smallest absolute Gasteiger partial charge is 0.195 e. The molecular formula is C16H16O2S. The number of benzene rings is 1. The van der Waals surface area contributed by atoms with Gasteiger partial charge in [-0.15, -0.1) is 11.8 Å². The van der Waals surface area contributed by atoms with Crippen LogP contribution in [0.4, 0.5) is 0 Å². The number of allylic oxidation sites excluding steroid dienone is 4. The van der Waals surface area contributed by atoms with Gasteiger partial charge in [-0.3, -0.25) is 9.59 Å². The average molecular weight is 272 g/mol. The second-order valence-electron chi connectivity index (χ2n) is 4.64. The molecule has 0 aliphatic heterocycles. The van der Waals surface area contributed by atoms with Gasteiger partial charge in [0, 0.05) is 22.5 Å². The predicted molar refractivity (Wildman–Crippen MR) is 78.8 cm³/mol. The Hall–Kier alpha value is -1.61. The molecule has 0 bridgehead atoms. The van der Waals surface area contributed by atoms with Crippen LogP contribution < -0.4 is 0 Å². The first-order valence-electron chi connectivity index (χ1n) is 6.17. The molecule has 0 heterocycles. The van der Waals surface area contributed by atoms with E-state index in [2.05, 4.69) is 0 Å². The van der Waals surface area contributed by atoms with Crippen LogP contribution in [-0.2, 0) is 15.3 Å². The van der Waals surface area contributed by atoms with Gasteiger partial charge in [-0.1, -0.05) is 30.3 Å². The van der Waals surface area contributed by atoms with Crippen LogP contribution in [0.5, 0.6) is 0 Å². The van der Waals surface area contributed by atoms with E-state index in [-0.39, 0.29) is 11.6 Å². The maximum atomic E-state index is 12.2. The lowest BCUT2D eigenvalue weighted by atomic mass is 9.92. The number of hydrogen-bond acceptors (Lipinski definition) is 3. The van der Waals surface area contributed by atoms with Crippen molar-refractivity contribution in [2.75, 3.05) is 0 Å². The third kappa shape index (κ3) is 2.71. The van der Waals surface area contributed by atoms with Crippen molar-refractivity contribution in [2.45, 2.75) is 26.5 Å². The molecule has 0 radical (unpaired) electrons. The molecule has 0 saturated heterocycles. The SMILES string of the molecule is CC1=C(C)C(=O)C(SCc2ccccc2)=C(C)C1=O. The zero-order valence-electron chi connectivity index (χ0n) is 11.3. The van der Waals surface area contributed by atoms with Crippen LogP contribution in [0.1, 0.15) is 26.3 Å². The van der Waals surface area contributed by atoms with Crippen LogP contribution >= 0.6 is 11.8 Å². The van der Waals surface area contributed by atoms with Gasteiger partial charge >= 0.3 is 0 Å². The molecule has 0 fully saturated rings. The number of Topliss-reactive ketones (excluding diaryl/α,β-unsaturated/α-hetero) is 2. The topological polar surface area (TPSA) is 34.1 Å². The quantitative estimate of drug-likeness (QED) is 0.787. The van der Waals surface area contributed by atoms with Gasteiger partial charge in [0.2, 0.25) is 0 Å². The van der Waals surface area contributed by atoms with Crippen LogP contribution in [0.2, 0.25) is 0 Å². The van der Waals surface area contributed by atoms with Crippen LogP contribution in [-0.4, -0.2) is 11.6 Å². The zero-order chi connectivity index (χ0) is 14.0. The second kappa shape index (κ2) is 5.57. The molecule has 0 atom stereocenters. The van der Waals surface area contributed by atoms with Crippen molar-refractivity contribution < 1.29 is 9.59 Å². The first-order valence-corrected chi connectivity index (χ1v) is 7.15. The Morgan fingerprint density at radius 3 is 2.05 bits per heavy atom. The Bertz CT molecular complexity index is 594. The van der Waals surface area contributed by atoms with Crippen molar-refractivity contribution in [3.63, 3.8) is 0 Å². The minimum atomic E-state index is -0.00679. The molecule has 0 unspecified atom stereocenters. The third-order valence-corrected chi connectivity index (χ3v) is 4.62. The van der Waals surface area contributed by atoms with E-state index in [0.717, 1.165) is 5.56 Å². The summed E-state index contributed by atoms with van der Waals surface area (Å²) in [5.74, 6) is 0.696. The molecular weight excluding hydrogens is 256 g/mol. The Morgan fingerprint density at radius 2 is 1.42 bits per heavy atom. The fourth-order valence-electron chi connectivity index (χ4n) is 1.97. The standard InChI is InChI=1S/C16H16O2S/c1-10-11(2)15(18)16(12(3)14(10)17)19-9-13-7-5-4-6-8-13/h4-8H,9H2,1-3H3. The summed E-state index contributed by atoms with van der Waals surface area (Å²) >= 11 is 1.45. The highest BCUT2D eigenvalue weighted by Crippen LogP contribution is 2.33. The van der Waals surface area contributed by atoms with Gasteiger partial charge in [0.15, 0.2) is 11.6 Å². The van der Waals surface area contributed by atoms with Crippen LogP contribution in [0.25, 0.3) is 0 Å². The highest BCUT2D eigenvalue weighted by atomic mass is 32.2. The zero-order valence-corrected chi connectivity index (χ0v) is 12.1.